The van der Waals surface area contributed by atoms with Crippen molar-refractivity contribution in [1.29, 1.82) is 0 Å². The third-order valence-electron chi connectivity index (χ3n) is 7.64. The van der Waals surface area contributed by atoms with Gasteiger partial charge in [0.1, 0.15) is 10.7 Å². The van der Waals surface area contributed by atoms with Crippen molar-refractivity contribution in [1.82, 2.24) is 0 Å². The summed E-state index contributed by atoms with van der Waals surface area (Å²) in [7, 11) is -3.90. The summed E-state index contributed by atoms with van der Waals surface area (Å²) in [6, 6.07) is 14.5. The number of hydrogen-bond acceptors (Lipinski definition) is 6. The molecule has 0 aliphatic carbocycles. The second kappa shape index (κ2) is 13.5. The van der Waals surface area contributed by atoms with Gasteiger partial charge in [0, 0.05) is 25.7 Å². The van der Waals surface area contributed by atoms with E-state index in [9.17, 15) is 18.3 Å². The highest BCUT2D eigenvalue weighted by atomic mass is 32.2. The number of thioether (sulfide) groups is 1. The van der Waals surface area contributed by atoms with Gasteiger partial charge in [0.25, 0.3) is 0 Å². The van der Waals surface area contributed by atoms with Crippen LogP contribution in [-0.2, 0) is 25.9 Å². The van der Waals surface area contributed by atoms with Crippen molar-refractivity contribution >= 4 is 33.4 Å². The number of anilines is 1. The number of rotatable bonds is 11. The van der Waals surface area contributed by atoms with Crippen LogP contribution in [-0.4, -0.2) is 62.3 Å². The van der Waals surface area contributed by atoms with E-state index in [0.717, 1.165) is 43.8 Å². The maximum absolute atomic E-state index is 14.4. The maximum Gasteiger partial charge on any atom is 0.335 e. The molecular weight excluding hydrogens is 534 g/mol. The zero-order valence-electron chi connectivity index (χ0n) is 23.1. The van der Waals surface area contributed by atoms with Crippen LogP contribution in [0.15, 0.2) is 48.5 Å². The van der Waals surface area contributed by atoms with Crippen LogP contribution in [0.25, 0.3) is 0 Å². The lowest BCUT2D eigenvalue weighted by Crippen LogP contribution is -2.49. The second-order valence-corrected chi connectivity index (χ2v) is 14.2. The van der Waals surface area contributed by atoms with E-state index >= 15 is 0 Å². The summed E-state index contributed by atoms with van der Waals surface area (Å²) < 4.78 is 42.1. The fourth-order valence-electron chi connectivity index (χ4n) is 5.40. The van der Waals surface area contributed by atoms with Gasteiger partial charge in [-0.25, -0.2) is 13.2 Å². The fraction of sp³-hybridized carbons (Fsp3) is 0.567. The Morgan fingerprint density at radius 1 is 1.10 bits per heavy atom. The smallest absolute Gasteiger partial charge is 0.335 e. The number of aryl methyl sites for hydroxylation is 1. The molecule has 0 spiro atoms. The molecule has 0 bridgehead atoms. The first kappa shape index (κ1) is 29.9. The standard InChI is InChI=1S/C30H41NO6S2/c1-4-22-9-11-24(12-10-22)31(18-21(2)3)39(34,35)28-19-37-29(38-20-23-13-15-36-16-14-23)17-27(28)25-7-5-6-8-26(25)30(32)33/h5-12,21,23,27-29H,4,13-20H2,1-3H3,(H,32,33). The Morgan fingerprint density at radius 3 is 2.44 bits per heavy atom. The van der Waals surface area contributed by atoms with Crippen LogP contribution in [0.5, 0.6) is 0 Å². The molecule has 39 heavy (non-hydrogen) atoms. The zero-order chi connectivity index (χ0) is 28.0. The molecule has 1 N–H and O–H groups in total. The van der Waals surface area contributed by atoms with Crippen molar-refractivity contribution in [3.63, 3.8) is 0 Å². The predicted octanol–water partition coefficient (Wildman–Crippen LogP) is 5.80. The number of hydrogen-bond donors (Lipinski definition) is 1. The van der Waals surface area contributed by atoms with Gasteiger partial charge >= 0.3 is 5.97 Å². The van der Waals surface area contributed by atoms with Gasteiger partial charge < -0.3 is 14.6 Å². The average molecular weight is 576 g/mol. The molecule has 2 fully saturated rings. The van der Waals surface area contributed by atoms with Gasteiger partial charge in [-0.2, -0.15) is 0 Å². The highest BCUT2D eigenvalue weighted by Crippen LogP contribution is 2.41. The summed E-state index contributed by atoms with van der Waals surface area (Å²) in [4.78, 5) is 12.2. The first-order valence-corrected chi connectivity index (χ1v) is 16.5. The lowest BCUT2D eigenvalue weighted by Gasteiger charge is -2.40. The lowest BCUT2D eigenvalue weighted by atomic mass is 9.88. The Balaban J connectivity index is 1.67. The van der Waals surface area contributed by atoms with Crippen molar-refractivity contribution < 1.29 is 27.8 Å². The van der Waals surface area contributed by atoms with Gasteiger partial charge in [-0.3, -0.25) is 4.31 Å². The molecule has 2 heterocycles. The SMILES string of the molecule is CCc1ccc(N(CC(C)C)S(=O)(=O)C2COC(SCC3CCOCC3)CC2c2ccccc2C(=O)O)cc1. The number of nitrogens with zero attached hydrogens (tertiary/aromatic N) is 1. The number of carbonyl (C=O) groups is 1. The summed E-state index contributed by atoms with van der Waals surface area (Å²) in [6.07, 6.45) is 3.34. The van der Waals surface area contributed by atoms with E-state index in [-0.39, 0.29) is 23.5 Å². The molecule has 3 atom stereocenters. The normalized spacial score (nSPS) is 22.6. The largest absolute Gasteiger partial charge is 0.478 e. The summed E-state index contributed by atoms with van der Waals surface area (Å²) >= 11 is 1.72. The van der Waals surface area contributed by atoms with Crippen LogP contribution in [0.1, 0.15) is 67.4 Å². The Hall–Kier alpha value is -2.07. The highest BCUT2D eigenvalue weighted by Gasteiger charge is 2.44. The minimum Gasteiger partial charge on any atom is -0.478 e. The molecule has 214 valence electrons. The van der Waals surface area contributed by atoms with E-state index in [1.54, 1.807) is 36.0 Å². The Morgan fingerprint density at radius 2 is 1.79 bits per heavy atom. The van der Waals surface area contributed by atoms with Crippen LogP contribution < -0.4 is 4.31 Å². The quantitative estimate of drug-likeness (QED) is 0.362. The number of aromatic carboxylic acids is 1. The molecule has 2 aromatic carbocycles. The molecule has 2 aliphatic heterocycles. The number of carboxylic acids is 1. The third kappa shape index (κ3) is 7.37. The Bertz CT molecular complexity index is 1190. The average Bonchev–Trinajstić information content (AvgIpc) is 2.95. The first-order chi connectivity index (χ1) is 18.7. The van der Waals surface area contributed by atoms with Crippen molar-refractivity contribution in [2.75, 3.05) is 36.4 Å². The summed E-state index contributed by atoms with van der Waals surface area (Å²) in [5, 5.41) is 9.07. The van der Waals surface area contributed by atoms with Gasteiger partial charge in [0.05, 0.1) is 17.9 Å². The van der Waals surface area contributed by atoms with Crippen molar-refractivity contribution in [3.05, 3.63) is 65.2 Å². The molecule has 4 rings (SSSR count). The van der Waals surface area contributed by atoms with Crippen LogP contribution in [0.4, 0.5) is 5.69 Å². The highest BCUT2D eigenvalue weighted by molar-refractivity contribution is 7.99. The number of carboxylic acid groups (broad SMARTS) is 1. The van der Waals surface area contributed by atoms with Crippen molar-refractivity contribution in [2.45, 2.75) is 63.1 Å². The second-order valence-electron chi connectivity index (χ2n) is 10.9. The molecule has 3 unspecified atom stereocenters. The summed E-state index contributed by atoms with van der Waals surface area (Å²) in [6.45, 7) is 7.97. The Kier molecular flexibility index (Phi) is 10.4. The molecule has 0 aromatic heterocycles. The van der Waals surface area contributed by atoms with Crippen molar-refractivity contribution in [2.24, 2.45) is 11.8 Å². The zero-order valence-corrected chi connectivity index (χ0v) is 24.8. The number of ether oxygens (including phenoxy) is 2. The van der Waals surface area contributed by atoms with E-state index in [1.165, 1.54) is 4.31 Å². The Labute approximate surface area is 237 Å². The number of benzene rings is 2. The predicted molar refractivity (Wildman–Crippen MR) is 157 cm³/mol. The first-order valence-electron chi connectivity index (χ1n) is 13.9. The molecule has 2 aromatic rings. The molecule has 0 saturated carbocycles. The van der Waals surface area contributed by atoms with E-state index < -0.39 is 27.2 Å². The molecule has 9 heteroatoms. The van der Waals surface area contributed by atoms with E-state index in [0.29, 0.717) is 30.1 Å². The van der Waals surface area contributed by atoms with E-state index in [2.05, 4.69) is 6.92 Å². The number of sulfonamides is 1. The van der Waals surface area contributed by atoms with E-state index in [1.807, 2.05) is 38.1 Å². The molecular formula is C30H41NO6S2. The fourth-order valence-corrected chi connectivity index (χ4v) is 8.91. The topological polar surface area (TPSA) is 93.1 Å². The lowest BCUT2D eigenvalue weighted by molar-refractivity contribution is 0.0602. The van der Waals surface area contributed by atoms with Crippen LogP contribution in [0.3, 0.4) is 0 Å². The molecule has 2 aliphatic rings. The van der Waals surface area contributed by atoms with Gasteiger partial charge in [0.2, 0.25) is 10.0 Å². The summed E-state index contributed by atoms with van der Waals surface area (Å²) in [5.74, 6) is 0.0117. The van der Waals surface area contributed by atoms with E-state index in [4.69, 9.17) is 9.47 Å². The van der Waals surface area contributed by atoms with Crippen LogP contribution >= 0.6 is 11.8 Å². The van der Waals surface area contributed by atoms with Gasteiger partial charge in [0.15, 0.2) is 0 Å². The molecule has 2 saturated heterocycles. The van der Waals surface area contributed by atoms with Crippen LogP contribution in [0, 0.1) is 11.8 Å². The molecule has 7 nitrogen and oxygen atoms in total. The summed E-state index contributed by atoms with van der Waals surface area (Å²) in [5.41, 5.74) is 2.28. The van der Waals surface area contributed by atoms with Gasteiger partial charge in [-0.1, -0.05) is 51.1 Å². The minimum absolute atomic E-state index is 0.0219. The van der Waals surface area contributed by atoms with Crippen LogP contribution in [0.2, 0.25) is 0 Å². The molecule has 0 radical (unpaired) electrons. The molecule has 0 amide bonds. The minimum atomic E-state index is -3.90. The third-order valence-corrected chi connectivity index (χ3v) is 11.2. The van der Waals surface area contributed by atoms with Gasteiger partial charge in [-0.05, 0) is 72.6 Å². The van der Waals surface area contributed by atoms with Crippen molar-refractivity contribution in [3.8, 4) is 0 Å². The van der Waals surface area contributed by atoms with Gasteiger partial charge in [-0.15, -0.1) is 11.8 Å². The maximum atomic E-state index is 14.4. The monoisotopic (exact) mass is 575 g/mol.